The summed E-state index contributed by atoms with van der Waals surface area (Å²) in [4.78, 5) is 12.2. The van der Waals surface area contributed by atoms with E-state index in [1.165, 1.54) is 0 Å². The number of carbonyl (C=O) groups is 1. The fraction of sp³-hybridized carbons (Fsp3) is 0.917. The van der Waals surface area contributed by atoms with Gasteiger partial charge in [-0.25, -0.2) is 0 Å². The largest absolute Gasteiger partial charge is 0.329 e. The zero-order valence-corrected chi connectivity index (χ0v) is 10.1. The van der Waals surface area contributed by atoms with Gasteiger partial charge in [-0.05, 0) is 19.3 Å². The molecule has 0 heterocycles. The van der Waals surface area contributed by atoms with Crippen LogP contribution in [0.25, 0.3) is 0 Å². The highest BCUT2D eigenvalue weighted by atomic mass is 16.1. The van der Waals surface area contributed by atoms with Gasteiger partial charge in [-0.15, -0.1) is 0 Å². The van der Waals surface area contributed by atoms with E-state index in [1.54, 1.807) is 0 Å². The van der Waals surface area contributed by atoms with E-state index in [1.807, 2.05) is 6.92 Å². The molecule has 0 radical (unpaired) electrons. The van der Waals surface area contributed by atoms with Crippen LogP contribution in [0.4, 0.5) is 0 Å². The lowest BCUT2D eigenvalue weighted by Gasteiger charge is -2.31. The predicted molar refractivity (Wildman–Crippen MR) is 61.1 cm³/mol. The van der Waals surface area contributed by atoms with Crippen LogP contribution in [0.3, 0.4) is 0 Å². The number of ketones is 1. The minimum atomic E-state index is -0.255. The molecule has 0 saturated heterocycles. The third-order valence-electron chi connectivity index (χ3n) is 3.44. The summed E-state index contributed by atoms with van der Waals surface area (Å²) in [7, 11) is 0. The summed E-state index contributed by atoms with van der Waals surface area (Å²) in [6.07, 6.45) is 3.79. The molecule has 0 fully saturated rings. The van der Waals surface area contributed by atoms with Crippen LogP contribution in [0.5, 0.6) is 0 Å². The zero-order valence-electron chi connectivity index (χ0n) is 10.1. The van der Waals surface area contributed by atoms with Crippen molar-refractivity contribution in [3.8, 4) is 0 Å². The molecule has 0 saturated carbocycles. The maximum atomic E-state index is 12.2. The summed E-state index contributed by atoms with van der Waals surface area (Å²) in [5.41, 5.74) is 5.49. The Balaban J connectivity index is 4.58. The normalized spacial score (nSPS) is 14.1. The second-order valence-corrected chi connectivity index (χ2v) is 4.25. The number of hydrogen-bond donors (Lipinski definition) is 1. The van der Waals surface area contributed by atoms with E-state index in [-0.39, 0.29) is 11.3 Å². The summed E-state index contributed by atoms with van der Waals surface area (Å²) in [5, 5.41) is 0. The Bertz CT molecular complexity index is 165. The van der Waals surface area contributed by atoms with Crippen molar-refractivity contribution in [1.29, 1.82) is 0 Å². The van der Waals surface area contributed by atoms with E-state index in [4.69, 9.17) is 5.73 Å². The van der Waals surface area contributed by atoms with Gasteiger partial charge in [-0.2, -0.15) is 0 Å². The number of Topliss-reactive ketones (excluding diaryl/α,β-unsaturated/α-hetero) is 1. The van der Waals surface area contributed by atoms with E-state index >= 15 is 0 Å². The summed E-state index contributed by atoms with van der Waals surface area (Å²) >= 11 is 0. The SMILES string of the molecule is CCCC(C)C(=O)C(CC)(CC)CN. The van der Waals surface area contributed by atoms with Crippen LogP contribution in [0.15, 0.2) is 0 Å². The van der Waals surface area contributed by atoms with Gasteiger partial charge < -0.3 is 5.73 Å². The fourth-order valence-electron chi connectivity index (χ4n) is 2.07. The van der Waals surface area contributed by atoms with Crippen molar-refractivity contribution >= 4 is 5.78 Å². The topological polar surface area (TPSA) is 43.1 Å². The van der Waals surface area contributed by atoms with E-state index < -0.39 is 0 Å². The van der Waals surface area contributed by atoms with Crippen molar-refractivity contribution in [3.05, 3.63) is 0 Å². The molecule has 2 N–H and O–H groups in total. The molecule has 0 aliphatic rings. The minimum Gasteiger partial charge on any atom is -0.329 e. The Hall–Kier alpha value is -0.370. The molecular formula is C12H25NO. The first-order valence-corrected chi connectivity index (χ1v) is 5.82. The maximum Gasteiger partial charge on any atom is 0.143 e. The molecule has 0 aromatic heterocycles. The van der Waals surface area contributed by atoms with E-state index in [0.29, 0.717) is 12.3 Å². The highest BCUT2D eigenvalue weighted by Crippen LogP contribution is 2.30. The molecule has 2 nitrogen and oxygen atoms in total. The van der Waals surface area contributed by atoms with Gasteiger partial charge in [0.1, 0.15) is 5.78 Å². The number of carbonyl (C=O) groups excluding carboxylic acids is 1. The van der Waals surface area contributed by atoms with Gasteiger partial charge in [0.05, 0.1) is 0 Å². The van der Waals surface area contributed by atoms with E-state index in [9.17, 15) is 4.79 Å². The van der Waals surface area contributed by atoms with Gasteiger partial charge >= 0.3 is 0 Å². The summed E-state index contributed by atoms with van der Waals surface area (Å²) < 4.78 is 0. The summed E-state index contributed by atoms with van der Waals surface area (Å²) in [6.45, 7) is 8.76. The fourth-order valence-corrected chi connectivity index (χ4v) is 2.07. The standard InChI is InChI=1S/C12H25NO/c1-5-8-10(4)11(14)12(6-2,7-3)9-13/h10H,5-9,13H2,1-4H3. The van der Waals surface area contributed by atoms with Crippen molar-refractivity contribution in [3.63, 3.8) is 0 Å². The number of rotatable bonds is 7. The number of nitrogens with two attached hydrogens (primary N) is 1. The number of hydrogen-bond acceptors (Lipinski definition) is 2. The Morgan fingerprint density at radius 2 is 1.79 bits per heavy atom. The van der Waals surface area contributed by atoms with Crippen LogP contribution in [0.2, 0.25) is 0 Å². The third-order valence-corrected chi connectivity index (χ3v) is 3.44. The molecule has 1 atom stereocenters. The lowest BCUT2D eigenvalue weighted by atomic mass is 9.73. The average Bonchev–Trinajstić information content (AvgIpc) is 2.21. The molecule has 0 aliphatic carbocycles. The van der Waals surface area contributed by atoms with Crippen molar-refractivity contribution in [2.24, 2.45) is 17.1 Å². The Labute approximate surface area is 88.3 Å². The van der Waals surface area contributed by atoms with Gasteiger partial charge in [0.15, 0.2) is 0 Å². The molecule has 0 aliphatic heterocycles. The van der Waals surface area contributed by atoms with Crippen molar-refractivity contribution in [2.75, 3.05) is 6.54 Å². The van der Waals surface area contributed by atoms with Crippen LogP contribution in [0, 0.1) is 11.3 Å². The molecular weight excluding hydrogens is 174 g/mol. The van der Waals surface area contributed by atoms with Crippen molar-refractivity contribution in [1.82, 2.24) is 0 Å². The van der Waals surface area contributed by atoms with Crippen molar-refractivity contribution in [2.45, 2.75) is 53.4 Å². The van der Waals surface area contributed by atoms with E-state index in [2.05, 4.69) is 20.8 Å². The second kappa shape index (κ2) is 6.18. The van der Waals surface area contributed by atoms with Gasteiger partial charge in [-0.3, -0.25) is 4.79 Å². The van der Waals surface area contributed by atoms with Gasteiger partial charge in [-0.1, -0.05) is 34.1 Å². The first kappa shape index (κ1) is 13.6. The molecule has 0 bridgehead atoms. The summed E-state index contributed by atoms with van der Waals surface area (Å²) in [6, 6.07) is 0. The minimum absolute atomic E-state index is 0.170. The molecule has 0 aromatic rings. The molecule has 14 heavy (non-hydrogen) atoms. The predicted octanol–water partition coefficient (Wildman–Crippen LogP) is 2.76. The monoisotopic (exact) mass is 199 g/mol. The maximum absolute atomic E-state index is 12.2. The second-order valence-electron chi connectivity index (χ2n) is 4.25. The molecule has 0 aromatic carbocycles. The molecule has 0 amide bonds. The van der Waals surface area contributed by atoms with Crippen LogP contribution in [-0.2, 0) is 4.79 Å². The smallest absolute Gasteiger partial charge is 0.143 e. The Morgan fingerprint density at radius 1 is 1.29 bits per heavy atom. The van der Waals surface area contributed by atoms with Crippen LogP contribution in [0.1, 0.15) is 53.4 Å². The first-order valence-electron chi connectivity index (χ1n) is 5.82. The average molecular weight is 199 g/mol. The Kier molecular flexibility index (Phi) is 6.01. The van der Waals surface area contributed by atoms with Crippen LogP contribution >= 0.6 is 0 Å². The van der Waals surface area contributed by atoms with Gasteiger partial charge in [0.25, 0.3) is 0 Å². The first-order chi connectivity index (χ1) is 6.57. The van der Waals surface area contributed by atoms with Crippen LogP contribution in [-0.4, -0.2) is 12.3 Å². The molecule has 1 unspecified atom stereocenters. The highest BCUT2D eigenvalue weighted by Gasteiger charge is 2.35. The highest BCUT2D eigenvalue weighted by molar-refractivity contribution is 5.86. The van der Waals surface area contributed by atoms with Crippen LogP contribution < -0.4 is 5.73 Å². The molecule has 0 rings (SSSR count). The van der Waals surface area contributed by atoms with Gasteiger partial charge in [0, 0.05) is 17.9 Å². The Morgan fingerprint density at radius 3 is 2.07 bits per heavy atom. The molecule has 0 spiro atoms. The summed E-state index contributed by atoms with van der Waals surface area (Å²) in [5.74, 6) is 0.537. The lowest BCUT2D eigenvalue weighted by molar-refractivity contribution is -0.132. The van der Waals surface area contributed by atoms with Crippen molar-refractivity contribution < 1.29 is 4.79 Å². The molecule has 2 heteroatoms. The lowest BCUT2D eigenvalue weighted by Crippen LogP contribution is -2.40. The molecule has 84 valence electrons. The zero-order chi connectivity index (χ0) is 11.2. The van der Waals surface area contributed by atoms with E-state index in [0.717, 1.165) is 25.7 Å². The third kappa shape index (κ3) is 2.81. The quantitative estimate of drug-likeness (QED) is 0.685. The van der Waals surface area contributed by atoms with Gasteiger partial charge in [0.2, 0.25) is 0 Å².